The molecular weight excluding hydrogens is 576 g/mol. The molecule has 2 N–H and O–H groups in total. The first-order valence-electron chi connectivity index (χ1n) is 17.0. The number of amides is 1. The van der Waals surface area contributed by atoms with Gasteiger partial charge >= 0.3 is 0 Å². The number of nitrogens with zero attached hydrogens (tertiary/aromatic N) is 1. The number of carbonyl (C=O) groups excluding carboxylic acids is 3. The zero-order valence-electron chi connectivity index (χ0n) is 28.8. The zero-order valence-corrected chi connectivity index (χ0v) is 28.8. The van der Waals surface area contributed by atoms with Gasteiger partial charge in [-0.15, -0.1) is 0 Å². The summed E-state index contributed by atoms with van der Waals surface area (Å²) in [5.74, 6) is -0.248. The van der Waals surface area contributed by atoms with Crippen LogP contribution in [0.5, 0.6) is 5.75 Å². The molecule has 46 heavy (non-hydrogen) atoms. The maximum atomic E-state index is 14.7. The van der Waals surface area contributed by atoms with E-state index in [2.05, 4.69) is 39.1 Å². The van der Waals surface area contributed by atoms with E-state index in [-0.39, 0.29) is 34.4 Å². The Labute approximate surface area is 273 Å². The van der Waals surface area contributed by atoms with Crippen molar-refractivity contribution in [3.05, 3.63) is 53.1 Å². The number of nitrogens with one attached hydrogen (secondary N) is 1. The molecule has 0 bridgehead atoms. The first-order valence-corrected chi connectivity index (χ1v) is 17.0. The summed E-state index contributed by atoms with van der Waals surface area (Å²) in [6.07, 6.45) is 8.40. The lowest BCUT2D eigenvalue weighted by Crippen LogP contribution is -2.74. The molecule has 1 aromatic carbocycles. The number of nitriles is 1. The van der Waals surface area contributed by atoms with Gasteiger partial charge in [-0.25, -0.2) is 0 Å². The molecular formula is C39H50N2O5. The summed E-state index contributed by atoms with van der Waals surface area (Å²) in [6.45, 7) is 14.8. The average molecular weight is 627 g/mol. The van der Waals surface area contributed by atoms with Crippen molar-refractivity contribution in [2.45, 2.75) is 106 Å². The number of methoxy groups -OCH3 is 1. The highest BCUT2D eigenvalue weighted by Gasteiger charge is 2.75. The molecule has 3 saturated carbocycles. The SMILES string of the molecule is COc1ccccc1CNC(=O)C1(C)CCC2(C)CCC3(C)C4(C)CCC5C(C)(C)C(=O)C(C#N)=CC5(C)C4=CC(=O)C3(O)C2C1. The number of ketones is 2. The highest BCUT2D eigenvalue weighted by molar-refractivity contribution is 6.05. The topological polar surface area (TPSA) is 116 Å². The van der Waals surface area contributed by atoms with E-state index >= 15 is 0 Å². The summed E-state index contributed by atoms with van der Waals surface area (Å²) in [5.41, 5.74) is -3.47. The summed E-state index contributed by atoms with van der Waals surface area (Å²) in [7, 11) is 1.62. The number of rotatable bonds is 4. The zero-order chi connectivity index (χ0) is 33.7. The van der Waals surface area contributed by atoms with Crippen LogP contribution in [0, 0.1) is 55.7 Å². The second kappa shape index (κ2) is 10.1. The highest BCUT2D eigenvalue weighted by atomic mass is 16.5. The van der Waals surface area contributed by atoms with E-state index in [0.29, 0.717) is 25.8 Å². The third kappa shape index (κ3) is 4.01. The maximum Gasteiger partial charge on any atom is 0.226 e. The minimum Gasteiger partial charge on any atom is -0.496 e. The molecule has 7 nitrogen and oxygen atoms in total. The van der Waals surface area contributed by atoms with Crippen molar-refractivity contribution in [1.29, 1.82) is 5.26 Å². The molecule has 5 aliphatic carbocycles. The van der Waals surface area contributed by atoms with Crippen molar-refractivity contribution in [2.75, 3.05) is 7.11 Å². The van der Waals surface area contributed by atoms with Gasteiger partial charge in [-0.2, -0.15) is 5.26 Å². The molecule has 6 rings (SSSR count). The molecule has 0 spiro atoms. The number of aliphatic hydroxyl groups is 1. The van der Waals surface area contributed by atoms with E-state index < -0.39 is 38.6 Å². The van der Waals surface area contributed by atoms with E-state index in [4.69, 9.17) is 4.74 Å². The Morgan fingerprint density at radius 3 is 2.35 bits per heavy atom. The van der Waals surface area contributed by atoms with Crippen LogP contribution in [-0.2, 0) is 20.9 Å². The Bertz CT molecular complexity index is 1630. The quantitative estimate of drug-likeness (QED) is 0.387. The number of fused-ring (bicyclic) bond motifs is 7. The standard InChI is InChI=1S/C39H50N2O5/c1-33(2)27-13-14-37(6)28(36(27,5)20-25(22-40)31(33)43)19-30(42)39(45)29-21-35(4,16-15-34(29,3)17-18-38(37,39)7)32(44)41-23-24-11-9-10-12-26(24)46-8/h9-12,19-20,27,29,45H,13-18,21,23H2,1-8H3,(H,41,44). The molecule has 8 atom stereocenters. The molecule has 8 unspecified atom stereocenters. The van der Waals surface area contributed by atoms with Gasteiger partial charge in [-0.3, -0.25) is 14.4 Å². The number of para-hydroxylation sites is 1. The number of ether oxygens (including phenoxy) is 1. The van der Waals surface area contributed by atoms with Crippen molar-refractivity contribution in [3.63, 3.8) is 0 Å². The van der Waals surface area contributed by atoms with Crippen LogP contribution >= 0.6 is 0 Å². The van der Waals surface area contributed by atoms with E-state index in [1.165, 1.54) is 0 Å². The molecule has 0 heterocycles. The smallest absolute Gasteiger partial charge is 0.226 e. The predicted octanol–water partition coefficient (Wildman–Crippen LogP) is 6.65. The van der Waals surface area contributed by atoms with Gasteiger partial charge in [-0.05, 0) is 79.4 Å². The Hall–Kier alpha value is -3.24. The van der Waals surface area contributed by atoms with Crippen molar-refractivity contribution in [1.82, 2.24) is 5.32 Å². The van der Waals surface area contributed by atoms with Crippen LogP contribution in [0.15, 0.2) is 47.6 Å². The van der Waals surface area contributed by atoms with Crippen LogP contribution in [-0.4, -0.2) is 35.3 Å². The fourth-order valence-electron chi connectivity index (χ4n) is 11.2. The predicted molar refractivity (Wildman–Crippen MR) is 175 cm³/mol. The first kappa shape index (κ1) is 32.7. The van der Waals surface area contributed by atoms with E-state index in [1.807, 2.05) is 51.1 Å². The van der Waals surface area contributed by atoms with Crippen LogP contribution in [0.2, 0.25) is 0 Å². The third-order valence-corrected chi connectivity index (χ3v) is 14.4. The molecule has 1 amide bonds. The van der Waals surface area contributed by atoms with E-state index in [9.17, 15) is 24.8 Å². The maximum absolute atomic E-state index is 14.7. The fraction of sp³-hybridized carbons (Fsp3) is 0.641. The number of benzene rings is 1. The molecule has 246 valence electrons. The lowest BCUT2D eigenvalue weighted by Gasteiger charge is -2.71. The van der Waals surface area contributed by atoms with Gasteiger partial charge in [0.25, 0.3) is 0 Å². The highest BCUT2D eigenvalue weighted by Crippen LogP contribution is 2.75. The number of hydrogen-bond donors (Lipinski definition) is 2. The molecule has 0 radical (unpaired) electrons. The Morgan fingerprint density at radius 2 is 1.67 bits per heavy atom. The summed E-state index contributed by atoms with van der Waals surface area (Å²) in [5, 5.41) is 26.2. The van der Waals surface area contributed by atoms with Gasteiger partial charge < -0.3 is 15.2 Å². The average Bonchev–Trinajstić information content (AvgIpc) is 3.02. The normalized spacial score (nSPS) is 42.6. The van der Waals surface area contributed by atoms with Gasteiger partial charge in [0.15, 0.2) is 11.6 Å². The first-order chi connectivity index (χ1) is 21.4. The van der Waals surface area contributed by atoms with Crippen molar-refractivity contribution in [2.24, 2.45) is 44.3 Å². The van der Waals surface area contributed by atoms with Gasteiger partial charge in [0, 0.05) is 39.7 Å². The Balaban J connectivity index is 1.39. The van der Waals surface area contributed by atoms with Crippen molar-refractivity contribution in [3.8, 4) is 11.8 Å². The van der Waals surface area contributed by atoms with Crippen molar-refractivity contribution < 1.29 is 24.2 Å². The lowest BCUT2D eigenvalue weighted by atomic mass is 9.33. The van der Waals surface area contributed by atoms with Crippen LogP contribution in [0.4, 0.5) is 0 Å². The molecule has 7 heteroatoms. The van der Waals surface area contributed by atoms with Crippen LogP contribution in [0.25, 0.3) is 0 Å². The van der Waals surface area contributed by atoms with Crippen LogP contribution < -0.4 is 10.1 Å². The summed E-state index contributed by atoms with van der Waals surface area (Å²) < 4.78 is 5.49. The van der Waals surface area contributed by atoms with Crippen molar-refractivity contribution >= 4 is 17.5 Å². The second-order valence-electron chi connectivity index (χ2n) is 16.9. The monoisotopic (exact) mass is 626 g/mol. The summed E-state index contributed by atoms with van der Waals surface area (Å²) in [6, 6.07) is 9.79. The fourth-order valence-corrected chi connectivity index (χ4v) is 11.2. The molecule has 0 aromatic heterocycles. The largest absolute Gasteiger partial charge is 0.496 e. The lowest BCUT2D eigenvalue weighted by molar-refractivity contribution is -0.242. The number of carbonyl (C=O) groups is 3. The van der Waals surface area contributed by atoms with E-state index in [1.54, 1.807) is 13.2 Å². The summed E-state index contributed by atoms with van der Waals surface area (Å²) >= 11 is 0. The third-order valence-electron chi connectivity index (χ3n) is 14.4. The molecule has 3 fully saturated rings. The minimum atomic E-state index is -1.66. The molecule has 5 aliphatic rings. The number of hydrogen-bond acceptors (Lipinski definition) is 6. The second-order valence-corrected chi connectivity index (χ2v) is 16.9. The minimum absolute atomic E-state index is 0.0646. The van der Waals surface area contributed by atoms with Crippen LogP contribution in [0.3, 0.4) is 0 Å². The number of allylic oxidation sites excluding steroid dienone is 3. The molecule has 1 aromatic rings. The Morgan fingerprint density at radius 1 is 1.00 bits per heavy atom. The molecule has 0 aliphatic heterocycles. The van der Waals surface area contributed by atoms with Gasteiger partial charge in [0.05, 0.1) is 12.7 Å². The summed E-state index contributed by atoms with van der Waals surface area (Å²) in [4.78, 5) is 42.0. The van der Waals surface area contributed by atoms with Gasteiger partial charge in [0.1, 0.15) is 17.4 Å². The Kier molecular flexibility index (Phi) is 7.20. The molecule has 0 saturated heterocycles. The van der Waals surface area contributed by atoms with Gasteiger partial charge in [0.2, 0.25) is 5.91 Å². The number of Topliss-reactive ketones (excluding diaryl/α,β-unsaturated/α-hetero) is 1. The van der Waals surface area contributed by atoms with Gasteiger partial charge in [-0.1, -0.05) is 72.7 Å². The van der Waals surface area contributed by atoms with Crippen LogP contribution in [0.1, 0.15) is 99.0 Å². The van der Waals surface area contributed by atoms with E-state index in [0.717, 1.165) is 42.6 Å².